The zero-order chi connectivity index (χ0) is 21.7. The monoisotopic (exact) mass is 432 g/mol. The number of hydrogen-bond donors (Lipinski definition) is 1. The van der Waals surface area contributed by atoms with Gasteiger partial charge in [0, 0.05) is 24.8 Å². The van der Waals surface area contributed by atoms with E-state index in [-0.39, 0.29) is 59.8 Å². The molecule has 10 unspecified atom stereocenters. The first-order valence-electron chi connectivity index (χ1n) is 12.0. The lowest BCUT2D eigenvalue weighted by Gasteiger charge is -2.57. The molecule has 6 aliphatic rings. The smallest absolute Gasteiger partial charge is 0.409 e. The van der Waals surface area contributed by atoms with Crippen LogP contribution < -0.4 is 5.32 Å². The molecule has 0 radical (unpaired) electrons. The molecule has 0 aromatic heterocycles. The Kier molecular flexibility index (Phi) is 4.07. The molecule has 170 valence electrons. The second kappa shape index (κ2) is 6.36. The van der Waals surface area contributed by atoms with Crippen LogP contribution in [0.5, 0.6) is 0 Å². The number of carbonyl (C=O) groups excluding carboxylic acids is 3. The Bertz CT molecular complexity index is 848. The normalized spacial score (nSPS) is 53.1. The summed E-state index contributed by atoms with van der Waals surface area (Å²) in [7, 11) is 0. The minimum Gasteiger partial charge on any atom is -0.461 e. The number of amides is 1. The average molecular weight is 433 g/mol. The third-order valence-corrected chi connectivity index (χ3v) is 9.43. The van der Waals surface area contributed by atoms with Crippen molar-refractivity contribution in [2.24, 2.45) is 29.6 Å². The van der Waals surface area contributed by atoms with Crippen LogP contribution in [-0.2, 0) is 23.8 Å². The quantitative estimate of drug-likeness (QED) is 0.528. The standard InChI is InChI=1S/C23H32N2O6/c1-4-13-14-7-5-6-8-25-15(16-9-11(2)19(26)29-16)10-22(23(14,25)24-21(28)31-22)17-12(3)20(27)30-18(13)17/h11-18H,4-10H2,1-3H3,(H,24,28). The van der Waals surface area contributed by atoms with E-state index in [9.17, 15) is 14.4 Å². The second-order valence-corrected chi connectivity index (χ2v) is 10.6. The molecule has 31 heavy (non-hydrogen) atoms. The van der Waals surface area contributed by atoms with Crippen LogP contribution in [0.3, 0.4) is 0 Å². The molecule has 0 aromatic carbocycles. The molecule has 10 atom stereocenters. The topological polar surface area (TPSA) is 94.2 Å². The van der Waals surface area contributed by atoms with Gasteiger partial charge < -0.3 is 14.2 Å². The Morgan fingerprint density at radius 1 is 1.13 bits per heavy atom. The maximum Gasteiger partial charge on any atom is 0.409 e. The molecule has 5 saturated heterocycles. The Morgan fingerprint density at radius 2 is 1.94 bits per heavy atom. The van der Waals surface area contributed by atoms with Crippen LogP contribution in [-0.4, -0.2) is 59.0 Å². The number of hydrogen-bond acceptors (Lipinski definition) is 7. The van der Waals surface area contributed by atoms with Crippen molar-refractivity contribution in [3.63, 3.8) is 0 Å². The third kappa shape index (κ3) is 2.22. The first kappa shape index (κ1) is 19.8. The molecule has 1 amide bonds. The van der Waals surface area contributed by atoms with Gasteiger partial charge in [0.1, 0.15) is 17.9 Å². The molecule has 5 aliphatic heterocycles. The lowest BCUT2D eigenvalue weighted by atomic mass is 9.54. The van der Waals surface area contributed by atoms with Crippen molar-refractivity contribution in [3.8, 4) is 0 Å². The molecule has 1 N–H and O–H groups in total. The fourth-order valence-electron chi connectivity index (χ4n) is 8.36. The molecule has 8 nitrogen and oxygen atoms in total. The second-order valence-electron chi connectivity index (χ2n) is 10.6. The van der Waals surface area contributed by atoms with Gasteiger partial charge in [-0.15, -0.1) is 0 Å². The predicted molar refractivity (Wildman–Crippen MR) is 108 cm³/mol. The molecule has 0 bridgehead atoms. The Balaban J connectivity index is 1.53. The predicted octanol–water partition coefficient (Wildman–Crippen LogP) is 2.20. The van der Waals surface area contributed by atoms with Gasteiger partial charge in [-0.05, 0) is 25.7 Å². The summed E-state index contributed by atoms with van der Waals surface area (Å²) >= 11 is 0. The largest absolute Gasteiger partial charge is 0.461 e. The first-order chi connectivity index (χ1) is 14.8. The van der Waals surface area contributed by atoms with Crippen molar-refractivity contribution >= 4 is 18.0 Å². The average Bonchev–Trinajstić information content (AvgIpc) is 3.34. The number of carbonyl (C=O) groups is 3. The van der Waals surface area contributed by atoms with Crippen LogP contribution in [0, 0.1) is 29.6 Å². The fourth-order valence-corrected chi connectivity index (χ4v) is 8.36. The summed E-state index contributed by atoms with van der Waals surface area (Å²) in [5, 5.41) is 3.31. The number of rotatable bonds is 2. The van der Waals surface area contributed by atoms with E-state index >= 15 is 0 Å². The fraction of sp³-hybridized carbons (Fsp3) is 0.870. The van der Waals surface area contributed by atoms with Gasteiger partial charge in [-0.3, -0.25) is 19.8 Å². The van der Waals surface area contributed by atoms with Crippen molar-refractivity contribution in [2.75, 3.05) is 6.54 Å². The molecule has 1 spiro atoms. The Morgan fingerprint density at radius 3 is 2.65 bits per heavy atom. The molecule has 1 aliphatic carbocycles. The molecule has 0 aromatic rings. The van der Waals surface area contributed by atoms with E-state index in [0.29, 0.717) is 12.8 Å². The highest BCUT2D eigenvalue weighted by atomic mass is 16.6. The summed E-state index contributed by atoms with van der Waals surface area (Å²) in [6, 6.07) is -0.0331. The lowest BCUT2D eigenvalue weighted by Crippen LogP contribution is -2.75. The van der Waals surface area contributed by atoms with Crippen molar-refractivity contribution in [3.05, 3.63) is 0 Å². The SMILES string of the molecule is CCC1C2OC(=O)C(C)C2C23CC(C4CC(C)C(=O)O4)N4CCCCC1C42NC(=O)O3. The zero-order valence-electron chi connectivity index (χ0n) is 18.5. The summed E-state index contributed by atoms with van der Waals surface area (Å²) in [5.41, 5.74) is -1.52. The van der Waals surface area contributed by atoms with Gasteiger partial charge in [-0.1, -0.05) is 27.2 Å². The number of cyclic esters (lactones) is 1. The molecule has 6 fully saturated rings. The van der Waals surface area contributed by atoms with E-state index in [1.165, 1.54) is 0 Å². The van der Waals surface area contributed by atoms with E-state index in [2.05, 4.69) is 17.1 Å². The van der Waals surface area contributed by atoms with E-state index in [1.807, 2.05) is 13.8 Å². The van der Waals surface area contributed by atoms with Gasteiger partial charge in [0.2, 0.25) is 0 Å². The highest BCUT2D eigenvalue weighted by Gasteiger charge is 2.82. The summed E-state index contributed by atoms with van der Waals surface area (Å²) < 4.78 is 18.1. The Labute approximate surface area is 182 Å². The van der Waals surface area contributed by atoms with Crippen LogP contribution in [0.2, 0.25) is 0 Å². The maximum absolute atomic E-state index is 12.9. The molecule has 5 heterocycles. The van der Waals surface area contributed by atoms with Crippen molar-refractivity contribution < 1.29 is 28.6 Å². The highest BCUT2D eigenvalue weighted by molar-refractivity contribution is 5.78. The minimum absolute atomic E-state index is 0.0331. The molecular formula is C23H32N2O6. The third-order valence-electron chi connectivity index (χ3n) is 9.43. The van der Waals surface area contributed by atoms with E-state index < -0.39 is 17.4 Å². The van der Waals surface area contributed by atoms with Crippen LogP contribution in [0.4, 0.5) is 4.79 Å². The summed E-state index contributed by atoms with van der Waals surface area (Å²) in [5.74, 6) is -0.684. The van der Waals surface area contributed by atoms with E-state index in [0.717, 1.165) is 32.2 Å². The van der Waals surface area contributed by atoms with Crippen molar-refractivity contribution in [2.45, 2.75) is 88.8 Å². The highest BCUT2D eigenvalue weighted by Crippen LogP contribution is 2.66. The van der Waals surface area contributed by atoms with Gasteiger partial charge >= 0.3 is 18.0 Å². The van der Waals surface area contributed by atoms with Gasteiger partial charge in [0.15, 0.2) is 5.60 Å². The van der Waals surface area contributed by atoms with Gasteiger partial charge in [0.05, 0.1) is 23.8 Å². The Hall–Kier alpha value is -1.83. The maximum atomic E-state index is 12.9. The number of alkyl carbamates (subject to hydrolysis) is 1. The van der Waals surface area contributed by atoms with Gasteiger partial charge in [0.25, 0.3) is 0 Å². The summed E-state index contributed by atoms with van der Waals surface area (Å²) in [6.07, 6.45) is 4.34. The first-order valence-corrected chi connectivity index (χ1v) is 12.0. The molecular weight excluding hydrogens is 400 g/mol. The summed E-state index contributed by atoms with van der Waals surface area (Å²) in [6.45, 7) is 6.81. The number of nitrogens with one attached hydrogen (secondary N) is 1. The van der Waals surface area contributed by atoms with Crippen molar-refractivity contribution in [1.29, 1.82) is 0 Å². The van der Waals surface area contributed by atoms with Crippen molar-refractivity contribution in [1.82, 2.24) is 10.2 Å². The van der Waals surface area contributed by atoms with Crippen LogP contribution in [0.15, 0.2) is 0 Å². The van der Waals surface area contributed by atoms with Crippen LogP contribution >= 0.6 is 0 Å². The molecule has 6 rings (SSSR count). The number of ether oxygens (including phenoxy) is 3. The van der Waals surface area contributed by atoms with E-state index in [4.69, 9.17) is 14.2 Å². The minimum atomic E-state index is -0.843. The van der Waals surface area contributed by atoms with Gasteiger partial charge in [-0.25, -0.2) is 4.79 Å². The number of nitrogens with zero attached hydrogens (tertiary/aromatic N) is 1. The summed E-state index contributed by atoms with van der Waals surface area (Å²) in [4.78, 5) is 40.3. The molecule has 8 heteroatoms. The van der Waals surface area contributed by atoms with E-state index in [1.54, 1.807) is 0 Å². The molecule has 1 saturated carbocycles. The van der Waals surface area contributed by atoms with Crippen LogP contribution in [0.1, 0.15) is 59.3 Å². The number of fused-ring (bicyclic) bond motifs is 1. The van der Waals surface area contributed by atoms with Gasteiger partial charge in [-0.2, -0.15) is 0 Å². The lowest BCUT2D eigenvalue weighted by molar-refractivity contribution is -0.183. The van der Waals surface area contributed by atoms with Crippen LogP contribution in [0.25, 0.3) is 0 Å². The number of esters is 2. The zero-order valence-corrected chi connectivity index (χ0v) is 18.5.